The minimum absolute atomic E-state index is 0.0435. The summed E-state index contributed by atoms with van der Waals surface area (Å²) >= 11 is 6.05. The average Bonchev–Trinajstić information content (AvgIpc) is 2.59. The fourth-order valence-electron chi connectivity index (χ4n) is 2.94. The number of rotatable bonds is 3. The van der Waals surface area contributed by atoms with Crippen molar-refractivity contribution in [1.29, 1.82) is 0 Å². The maximum Gasteiger partial charge on any atom is 0.268 e. The summed E-state index contributed by atoms with van der Waals surface area (Å²) in [5, 5.41) is 3.32. The standard InChI is InChI=1S/C21H23ClN2O3/c1-13-20(26)24(17-11-15(22)7-10-18(17)27-13)12-19(25)23-16-8-5-14(6-9-16)21(2,3)4/h5-11,13H,12H2,1-4H3,(H,23,25). The number of fused-ring (bicyclic) bond motifs is 1. The van der Waals surface area contributed by atoms with Gasteiger partial charge in [0, 0.05) is 10.7 Å². The number of amides is 2. The molecule has 0 spiro atoms. The zero-order valence-electron chi connectivity index (χ0n) is 15.9. The Kier molecular flexibility index (Phi) is 5.16. The number of nitrogens with one attached hydrogen (secondary N) is 1. The van der Waals surface area contributed by atoms with E-state index in [4.69, 9.17) is 16.3 Å². The molecule has 2 amide bonds. The highest BCUT2D eigenvalue weighted by atomic mass is 35.5. The molecule has 1 atom stereocenters. The van der Waals surface area contributed by atoms with Crippen molar-refractivity contribution < 1.29 is 14.3 Å². The van der Waals surface area contributed by atoms with Crippen LogP contribution in [0.3, 0.4) is 0 Å². The molecule has 0 saturated carbocycles. The van der Waals surface area contributed by atoms with Gasteiger partial charge in [-0.1, -0.05) is 44.5 Å². The van der Waals surface area contributed by atoms with Gasteiger partial charge >= 0.3 is 0 Å². The van der Waals surface area contributed by atoms with Crippen molar-refractivity contribution in [3.05, 3.63) is 53.1 Å². The quantitative estimate of drug-likeness (QED) is 0.851. The number of hydrogen-bond donors (Lipinski definition) is 1. The van der Waals surface area contributed by atoms with E-state index in [9.17, 15) is 9.59 Å². The number of carbonyl (C=O) groups excluding carboxylic acids is 2. The molecule has 5 nitrogen and oxygen atoms in total. The summed E-state index contributed by atoms with van der Waals surface area (Å²) in [4.78, 5) is 26.5. The Labute approximate surface area is 164 Å². The fraction of sp³-hybridized carbons (Fsp3) is 0.333. The summed E-state index contributed by atoms with van der Waals surface area (Å²) in [5.41, 5.74) is 2.42. The third-order valence-electron chi connectivity index (χ3n) is 4.47. The van der Waals surface area contributed by atoms with E-state index in [0.717, 1.165) is 0 Å². The first kappa shape index (κ1) is 19.2. The predicted molar refractivity (Wildman–Crippen MR) is 108 cm³/mol. The number of halogens is 1. The molecule has 0 aromatic heterocycles. The number of benzene rings is 2. The lowest BCUT2D eigenvalue weighted by atomic mass is 9.87. The van der Waals surface area contributed by atoms with Gasteiger partial charge < -0.3 is 10.1 Å². The minimum Gasteiger partial charge on any atom is -0.479 e. The maximum atomic E-state index is 12.5. The van der Waals surface area contributed by atoms with Crippen LogP contribution >= 0.6 is 11.6 Å². The van der Waals surface area contributed by atoms with Crippen molar-refractivity contribution in [2.75, 3.05) is 16.8 Å². The third kappa shape index (κ3) is 4.25. The van der Waals surface area contributed by atoms with Gasteiger partial charge in [-0.2, -0.15) is 0 Å². The zero-order valence-corrected chi connectivity index (χ0v) is 16.6. The van der Waals surface area contributed by atoms with Gasteiger partial charge in [0.1, 0.15) is 12.3 Å². The van der Waals surface area contributed by atoms with E-state index in [1.807, 2.05) is 24.3 Å². The van der Waals surface area contributed by atoms with E-state index in [0.29, 0.717) is 22.1 Å². The van der Waals surface area contributed by atoms with Crippen LogP contribution in [0.2, 0.25) is 5.02 Å². The first-order valence-corrected chi connectivity index (χ1v) is 9.21. The summed E-state index contributed by atoms with van der Waals surface area (Å²) in [5.74, 6) is -0.0243. The molecule has 1 N–H and O–H groups in total. The first-order valence-electron chi connectivity index (χ1n) is 8.83. The fourth-order valence-corrected chi connectivity index (χ4v) is 3.11. The molecular weight excluding hydrogens is 364 g/mol. The van der Waals surface area contributed by atoms with Crippen molar-refractivity contribution in [2.45, 2.75) is 39.2 Å². The molecule has 6 heteroatoms. The lowest BCUT2D eigenvalue weighted by molar-refractivity contribution is -0.127. The van der Waals surface area contributed by atoms with Gasteiger partial charge in [0.05, 0.1) is 5.69 Å². The van der Waals surface area contributed by atoms with Crippen molar-refractivity contribution in [3.63, 3.8) is 0 Å². The molecule has 0 aliphatic carbocycles. The van der Waals surface area contributed by atoms with Crippen LogP contribution in [0.1, 0.15) is 33.3 Å². The van der Waals surface area contributed by atoms with E-state index in [1.54, 1.807) is 25.1 Å². The van der Waals surface area contributed by atoms with Crippen LogP contribution < -0.4 is 15.0 Å². The maximum absolute atomic E-state index is 12.5. The normalized spacial score (nSPS) is 16.6. The van der Waals surface area contributed by atoms with Crippen LogP contribution in [0.15, 0.2) is 42.5 Å². The Morgan fingerprint density at radius 3 is 2.48 bits per heavy atom. The average molecular weight is 387 g/mol. The monoisotopic (exact) mass is 386 g/mol. The summed E-state index contributed by atoms with van der Waals surface area (Å²) in [7, 11) is 0. The van der Waals surface area contributed by atoms with Crippen LogP contribution in [0, 0.1) is 0 Å². The van der Waals surface area contributed by atoms with Crippen molar-refractivity contribution >= 4 is 34.8 Å². The van der Waals surface area contributed by atoms with Gasteiger partial charge in [-0.05, 0) is 48.2 Å². The summed E-state index contributed by atoms with van der Waals surface area (Å²) in [6.07, 6.45) is -0.655. The van der Waals surface area contributed by atoms with Crippen LogP contribution in [0.4, 0.5) is 11.4 Å². The first-order chi connectivity index (χ1) is 12.6. The molecule has 27 heavy (non-hydrogen) atoms. The van der Waals surface area contributed by atoms with E-state index in [-0.39, 0.29) is 23.8 Å². The zero-order chi connectivity index (χ0) is 19.8. The van der Waals surface area contributed by atoms with Gasteiger partial charge in [0.15, 0.2) is 6.10 Å². The highest BCUT2D eigenvalue weighted by molar-refractivity contribution is 6.31. The summed E-state index contributed by atoms with van der Waals surface area (Å²) in [6.45, 7) is 7.95. The number of carbonyl (C=O) groups is 2. The molecule has 142 valence electrons. The Hall–Kier alpha value is -2.53. The number of hydrogen-bond acceptors (Lipinski definition) is 3. The molecular formula is C21H23ClN2O3. The van der Waals surface area contributed by atoms with Gasteiger partial charge in [-0.15, -0.1) is 0 Å². The molecule has 0 radical (unpaired) electrons. The molecule has 1 heterocycles. The summed E-state index contributed by atoms with van der Waals surface area (Å²) < 4.78 is 5.59. The second-order valence-electron chi connectivity index (χ2n) is 7.67. The molecule has 2 aromatic rings. The van der Waals surface area contributed by atoms with E-state index in [1.165, 1.54) is 10.5 Å². The molecule has 1 unspecified atom stereocenters. The van der Waals surface area contributed by atoms with Crippen LogP contribution in [-0.2, 0) is 15.0 Å². The molecule has 3 rings (SSSR count). The van der Waals surface area contributed by atoms with Gasteiger partial charge in [0.25, 0.3) is 5.91 Å². The SMILES string of the molecule is CC1Oc2ccc(Cl)cc2N(CC(=O)Nc2ccc(C(C)(C)C)cc2)C1=O. The Bertz CT molecular complexity index is 872. The van der Waals surface area contributed by atoms with Gasteiger partial charge in [-0.25, -0.2) is 0 Å². The van der Waals surface area contributed by atoms with E-state index >= 15 is 0 Å². The van der Waals surface area contributed by atoms with Crippen molar-refractivity contribution in [1.82, 2.24) is 0 Å². The number of anilines is 2. The lowest BCUT2D eigenvalue weighted by Crippen LogP contribution is -2.47. The minimum atomic E-state index is -0.655. The molecule has 0 saturated heterocycles. The second kappa shape index (κ2) is 7.24. The number of ether oxygens (including phenoxy) is 1. The highest BCUT2D eigenvalue weighted by Crippen LogP contribution is 2.36. The van der Waals surface area contributed by atoms with Crippen LogP contribution in [0.25, 0.3) is 0 Å². The third-order valence-corrected chi connectivity index (χ3v) is 4.70. The Balaban J connectivity index is 1.76. The summed E-state index contributed by atoms with van der Waals surface area (Å²) in [6, 6.07) is 12.8. The smallest absolute Gasteiger partial charge is 0.268 e. The largest absolute Gasteiger partial charge is 0.479 e. The molecule has 1 aliphatic heterocycles. The lowest BCUT2D eigenvalue weighted by Gasteiger charge is -2.32. The molecule has 2 aromatic carbocycles. The van der Waals surface area contributed by atoms with E-state index in [2.05, 4.69) is 26.1 Å². The Morgan fingerprint density at radius 1 is 1.19 bits per heavy atom. The molecule has 0 fully saturated rings. The predicted octanol–water partition coefficient (Wildman–Crippen LogP) is 4.39. The molecule has 1 aliphatic rings. The van der Waals surface area contributed by atoms with Crippen molar-refractivity contribution in [3.8, 4) is 5.75 Å². The van der Waals surface area contributed by atoms with Gasteiger partial charge in [0.2, 0.25) is 5.91 Å². The van der Waals surface area contributed by atoms with Crippen molar-refractivity contribution in [2.24, 2.45) is 0 Å². The van der Waals surface area contributed by atoms with Gasteiger partial charge in [-0.3, -0.25) is 14.5 Å². The Morgan fingerprint density at radius 2 is 1.85 bits per heavy atom. The highest BCUT2D eigenvalue weighted by Gasteiger charge is 2.32. The molecule has 0 bridgehead atoms. The van der Waals surface area contributed by atoms with E-state index < -0.39 is 6.10 Å². The topological polar surface area (TPSA) is 58.6 Å². The van der Waals surface area contributed by atoms with Crippen LogP contribution in [-0.4, -0.2) is 24.5 Å². The van der Waals surface area contributed by atoms with Crippen LogP contribution in [0.5, 0.6) is 5.75 Å². The number of nitrogens with zero attached hydrogens (tertiary/aromatic N) is 1. The second-order valence-corrected chi connectivity index (χ2v) is 8.11.